The zero-order chi connectivity index (χ0) is 20.1. The van der Waals surface area contributed by atoms with Crippen molar-refractivity contribution in [2.45, 2.75) is 19.4 Å². The first-order valence-electron chi connectivity index (χ1n) is 9.00. The summed E-state index contributed by atoms with van der Waals surface area (Å²) in [6, 6.07) is 11.3. The molecule has 7 heteroatoms. The molecule has 0 unspecified atom stereocenters. The van der Waals surface area contributed by atoms with Gasteiger partial charge in [0, 0.05) is 30.9 Å². The number of fused-ring (bicyclic) bond motifs is 1. The van der Waals surface area contributed by atoms with Crippen LogP contribution in [-0.4, -0.2) is 44.6 Å². The molecule has 0 spiro atoms. The lowest BCUT2D eigenvalue weighted by molar-refractivity contribution is -0.135. The lowest BCUT2D eigenvalue weighted by atomic mass is 10.00. The molecule has 0 saturated carbocycles. The summed E-state index contributed by atoms with van der Waals surface area (Å²) in [5.74, 6) is 0.705. The van der Waals surface area contributed by atoms with Crippen LogP contribution in [-0.2, 0) is 22.6 Å². The van der Waals surface area contributed by atoms with Crippen molar-refractivity contribution in [3.8, 4) is 17.2 Å². The number of hydrogen-bond acceptors (Lipinski definition) is 5. The second-order valence-electron chi connectivity index (χ2n) is 6.47. The molecule has 0 radical (unpaired) electrons. The van der Waals surface area contributed by atoms with Gasteiger partial charge in [0.25, 0.3) is 0 Å². The third kappa shape index (κ3) is 4.19. The van der Waals surface area contributed by atoms with Crippen LogP contribution in [0, 0.1) is 0 Å². The summed E-state index contributed by atoms with van der Waals surface area (Å²) >= 11 is 0. The van der Waals surface area contributed by atoms with Crippen LogP contribution in [0.4, 0.5) is 5.69 Å². The van der Waals surface area contributed by atoms with Crippen LogP contribution in [0.1, 0.15) is 17.5 Å². The minimum atomic E-state index is -0.391. The van der Waals surface area contributed by atoms with Crippen molar-refractivity contribution in [3.63, 3.8) is 0 Å². The van der Waals surface area contributed by atoms with Crippen molar-refractivity contribution in [1.29, 1.82) is 0 Å². The molecule has 2 aromatic rings. The molecule has 148 valence electrons. The summed E-state index contributed by atoms with van der Waals surface area (Å²) in [5, 5.41) is 2.73. The number of rotatable bonds is 6. The quantitative estimate of drug-likeness (QED) is 0.775. The third-order valence-electron chi connectivity index (χ3n) is 4.74. The molecule has 0 atom stereocenters. The van der Waals surface area contributed by atoms with Gasteiger partial charge in [-0.15, -0.1) is 0 Å². The molecule has 1 heterocycles. The maximum absolute atomic E-state index is 12.6. The highest BCUT2D eigenvalue weighted by atomic mass is 16.5. The van der Waals surface area contributed by atoms with E-state index >= 15 is 0 Å². The molecule has 1 aliphatic rings. The van der Waals surface area contributed by atoms with E-state index in [4.69, 9.17) is 14.2 Å². The summed E-state index contributed by atoms with van der Waals surface area (Å²) < 4.78 is 15.8. The van der Waals surface area contributed by atoms with Gasteiger partial charge in [0.05, 0.1) is 21.3 Å². The Labute approximate surface area is 164 Å². The molecule has 7 nitrogen and oxygen atoms in total. The highest BCUT2D eigenvalue weighted by Crippen LogP contribution is 2.39. The Hall–Kier alpha value is -3.22. The lowest BCUT2D eigenvalue weighted by Gasteiger charge is -2.28. The molecule has 0 aromatic heterocycles. The molecule has 2 amide bonds. The highest BCUT2D eigenvalue weighted by molar-refractivity contribution is 6.03. The Morgan fingerprint density at radius 3 is 2.25 bits per heavy atom. The predicted octanol–water partition coefficient (Wildman–Crippen LogP) is 2.63. The number of nitrogens with zero attached hydrogens (tertiary/aromatic N) is 1. The van der Waals surface area contributed by atoms with E-state index in [0.717, 1.165) is 12.0 Å². The molecular formula is C21H24N2O5. The molecule has 1 aliphatic heterocycles. The van der Waals surface area contributed by atoms with E-state index in [-0.39, 0.29) is 12.3 Å². The molecule has 0 fully saturated rings. The van der Waals surface area contributed by atoms with Gasteiger partial charge in [-0.2, -0.15) is 0 Å². The number of carbonyl (C=O) groups is 2. The standard InChI is InChI=1S/C21H24N2O5/c1-26-17-10-16(11-18(27-2)21(17)28-3)22-19(24)12-20(25)23-9-8-14-6-4-5-7-15(14)13-23/h4-7,10-11H,8-9,12-13H2,1-3H3,(H,22,24). The Bertz CT molecular complexity index is 856. The molecule has 0 aliphatic carbocycles. The van der Waals surface area contributed by atoms with Gasteiger partial charge in [0.15, 0.2) is 11.5 Å². The van der Waals surface area contributed by atoms with Crippen LogP contribution in [0.3, 0.4) is 0 Å². The maximum atomic E-state index is 12.6. The van der Waals surface area contributed by atoms with Crippen molar-refractivity contribution < 1.29 is 23.8 Å². The third-order valence-corrected chi connectivity index (χ3v) is 4.74. The number of hydrogen-bond donors (Lipinski definition) is 1. The minimum absolute atomic E-state index is 0.195. The monoisotopic (exact) mass is 384 g/mol. The van der Waals surface area contributed by atoms with Gasteiger partial charge in [-0.1, -0.05) is 24.3 Å². The van der Waals surface area contributed by atoms with Crippen LogP contribution in [0.25, 0.3) is 0 Å². The first-order chi connectivity index (χ1) is 13.5. The van der Waals surface area contributed by atoms with Crippen molar-refractivity contribution in [1.82, 2.24) is 4.90 Å². The Morgan fingerprint density at radius 2 is 1.64 bits per heavy atom. The Balaban J connectivity index is 1.65. The van der Waals surface area contributed by atoms with Gasteiger partial charge >= 0.3 is 0 Å². The van der Waals surface area contributed by atoms with Crippen molar-refractivity contribution in [2.75, 3.05) is 33.2 Å². The van der Waals surface area contributed by atoms with Gasteiger partial charge in [0.1, 0.15) is 6.42 Å². The average molecular weight is 384 g/mol. The summed E-state index contributed by atoms with van der Waals surface area (Å²) in [4.78, 5) is 26.7. The number of benzene rings is 2. The fraction of sp³-hybridized carbons (Fsp3) is 0.333. The molecule has 3 rings (SSSR count). The average Bonchev–Trinajstić information content (AvgIpc) is 2.72. The largest absolute Gasteiger partial charge is 0.493 e. The SMILES string of the molecule is COc1cc(NC(=O)CC(=O)N2CCc3ccccc3C2)cc(OC)c1OC. The number of carbonyl (C=O) groups excluding carboxylic acids is 2. The first-order valence-corrected chi connectivity index (χ1v) is 9.00. The zero-order valence-electron chi connectivity index (χ0n) is 16.3. The molecule has 0 saturated heterocycles. The van der Waals surface area contributed by atoms with E-state index < -0.39 is 5.91 Å². The van der Waals surface area contributed by atoms with E-state index in [2.05, 4.69) is 11.4 Å². The van der Waals surface area contributed by atoms with E-state index in [0.29, 0.717) is 36.0 Å². The van der Waals surface area contributed by atoms with E-state index in [1.807, 2.05) is 18.2 Å². The van der Waals surface area contributed by atoms with Gasteiger partial charge in [0.2, 0.25) is 17.6 Å². The van der Waals surface area contributed by atoms with Crippen molar-refractivity contribution in [3.05, 3.63) is 47.5 Å². The molecule has 0 bridgehead atoms. The number of methoxy groups -OCH3 is 3. The van der Waals surface area contributed by atoms with Crippen molar-refractivity contribution >= 4 is 17.5 Å². The van der Waals surface area contributed by atoms with Crippen LogP contribution in [0.15, 0.2) is 36.4 Å². The van der Waals surface area contributed by atoms with Crippen LogP contribution < -0.4 is 19.5 Å². The maximum Gasteiger partial charge on any atom is 0.233 e. The number of nitrogens with one attached hydrogen (secondary N) is 1. The van der Waals surface area contributed by atoms with Gasteiger partial charge in [-0.3, -0.25) is 9.59 Å². The van der Waals surface area contributed by atoms with Crippen molar-refractivity contribution in [2.24, 2.45) is 0 Å². The van der Waals surface area contributed by atoms with Crippen LogP contribution in [0.5, 0.6) is 17.2 Å². The molecule has 2 aromatic carbocycles. The van der Waals surface area contributed by atoms with Gasteiger partial charge < -0.3 is 24.4 Å². The van der Waals surface area contributed by atoms with E-state index in [9.17, 15) is 9.59 Å². The molecule has 28 heavy (non-hydrogen) atoms. The van der Waals surface area contributed by atoms with E-state index in [1.54, 1.807) is 17.0 Å². The fourth-order valence-corrected chi connectivity index (χ4v) is 3.32. The summed E-state index contributed by atoms with van der Waals surface area (Å²) in [7, 11) is 4.51. The smallest absolute Gasteiger partial charge is 0.233 e. The second-order valence-corrected chi connectivity index (χ2v) is 6.47. The first kappa shape index (κ1) is 19.5. The van der Waals surface area contributed by atoms with Crippen LogP contribution >= 0.6 is 0 Å². The fourth-order valence-electron chi connectivity index (χ4n) is 3.32. The number of anilines is 1. The molecular weight excluding hydrogens is 360 g/mol. The molecule has 1 N–H and O–H groups in total. The summed E-state index contributed by atoms with van der Waals surface area (Å²) in [6.45, 7) is 1.15. The predicted molar refractivity (Wildman–Crippen MR) is 105 cm³/mol. The number of ether oxygens (including phenoxy) is 3. The van der Waals surface area contributed by atoms with E-state index in [1.165, 1.54) is 26.9 Å². The zero-order valence-corrected chi connectivity index (χ0v) is 16.3. The minimum Gasteiger partial charge on any atom is -0.493 e. The summed E-state index contributed by atoms with van der Waals surface area (Å²) in [6.07, 6.45) is 0.579. The Kier molecular flexibility index (Phi) is 6.03. The Morgan fingerprint density at radius 1 is 1.00 bits per heavy atom. The van der Waals surface area contributed by atoms with Gasteiger partial charge in [-0.25, -0.2) is 0 Å². The lowest BCUT2D eigenvalue weighted by Crippen LogP contribution is -2.37. The normalized spacial score (nSPS) is 12.8. The highest BCUT2D eigenvalue weighted by Gasteiger charge is 2.23. The number of amides is 2. The second kappa shape index (κ2) is 8.65. The van der Waals surface area contributed by atoms with Gasteiger partial charge in [-0.05, 0) is 17.5 Å². The van der Waals surface area contributed by atoms with Crippen LogP contribution in [0.2, 0.25) is 0 Å². The summed E-state index contributed by atoms with van der Waals surface area (Å²) in [5.41, 5.74) is 2.86. The topological polar surface area (TPSA) is 77.1 Å².